The van der Waals surface area contributed by atoms with Crippen LogP contribution in [0.15, 0.2) is 30.3 Å². The maximum absolute atomic E-state index is 11.9. The highest BCUT2D eigenvalue weighted by Crippen LogP contribution is 2.19. The number of hydrogen-bond donors (Lipinski definition) is 1. The van der Waals surface area contributed by atoms with Crippen molar-refractivity contribution in [3.05, 3.63) is 35.9 Å². The number of halogens is 2. The first-order valence-corrected chi connectivity index (χ1v) is 4.55. The van der Waals surface area contributed by atoms with Crippen molar-refractivity contribution in [3.63, 3.8) is 0 Å². The molecule has 0 aromatic heterocycles. The van der Waals surface area contributed by atoms with Crippen molar-refractivity contribution in [2.75, 3.05) is 6.54 Å². The molecule has 82 valence electrons. The zero-order chi connectivity index (χ0) is 11.3. The Morgan fingerprint density at radius 3 is 2.47 bits per heavy atom. The van der Waals surface area contributed by atoms with E-state index in [9.17, 15) is 8.78 Å². The van der Waals surface area contributed by atoms with Crippen molar-refractivity contribution in [2.45, 2.75) is 13.5 Å². The maximum Gasteiger partial charge on any atom is 0.387 e. The minimum Gasteiger partial charge on any atom is -0.435 e. The van der Waals surface area contributed by atoms with Crippen molar-refractivity contribution in [3.8, 4) is 5.75 Å². The fourth-order valence-electron chi connectivity index (χ4n) is 1.19. The first-order valence-electron chi connectivity index (χ1n) is 4.55. The molecule has 1 aromatic rings. The van der Waals surface area contributed by atoms with Crippen LogP contribution in [-0.2, 0) is 0 Å². The molecule has 0 aliphatic carbocycles. The topological polar surface area (TPSA) is 35.2 Å². The van der Waals surface area contributed by atoms with Gasteiger partial charge < -0.3 is 10.5 Å². The SMILES string of the molecule is CC(=CCN)c1ccc(OC(F)F)cc1. The number of allylic oxidation sites excluding steroid dienone is 1. The first-order chi connectivity index (χ1) is 7.13. The molecule has 2 nitrogen and oxygen atoms in total. The summed E-state index contributed by atoms with van der Waals surface area (Å²) in [4.78, 5) is 0. The maximum atomic E-state index is 11.9. The molecule has 0 saturated heterocycles. The Bertz CT molecular complexity index is 333. The summed E-state index contributed by atoms with van der Waals surface area (Å²) in [5.41, 5.74) is 7.32. The molecule has 1 aromatic carbocycles. The van der Waals surface area contributed by atoms with Crippen molar-refractivity contribution < 1.29 is 13.5 Å². The van der Waals surface area contributed by atoms with E-state index in [0.29, 0.717) is 6.54 Å². The van der Waals surface area contributed by atoms with Crippen molar-refractivity contribution >= 4 is 5.57 Å². The minimum atomic E-state index is -2.78. The number of ether oxygens (including phenoxy) is 1. The molecule has 0 unspecified atom stereocenters. The molecule has 0 aliphatic rings. The van der Waals surface area contributed by atoms with E-state index in [1.165, 1.54) is 12.1 Å². The van der Waals surface area contributed by atoms with Gasteiger partial charge in [0.05, 0.1) is 0 Å². The Hall–Kier alpha value is -1.42. The van der Waals surface area contributed by atoms with E-state index in [0.717, 1.165) is 11.1 Å². The molecule has 2 N–H and O–H groups in total. The summed E-state index contributed by atoms with van der Waals surface area (Å²) >= 11 is 0. The molecular weight excluding hydrogens is 200 g/mol. The van der Waals surface area contributed by atoms with Gasteiger partial charge >= 0.3 is 6.61 Å². The van der Waals surface area contributed by atoms with Crippen LogP contribution in [0.2, 0.25) is 0 Å². The molecule has 0 spiro atoms. The highest BCUT2D eigenvalue weighted by Gasteiger charge is 2.03. The summed E-state index contributed by atoms with van der Waals surface area (Å²) < 4.78 is 27.9. The van der Waals surface area contributed by atoms with Gasteiger partial charge in [-0.25, -0.2) is 0 Å². The summed E-state index contributed by atoms with van der Waals surface area (Å²) in [6.45, 7) is -0.409. The lowest BCUT2D eigenvalue weighted by Crippen LogP contribution is -2.01. The highest BCUT2D eigenvalue weighted by atomic mass is 19.3. The van der Waals surface area contributed by atoms with Crippen LogP contribution in [0.3, 0.4) is 0 Å². The lowest BCUT2D eigenvalue weighted by Gasteiger charge is -2.05. The van der Waals surface area contributed by atoms with Gasteiger partial charge in [0.25, 0.3) is 0 Å². The summed E-state index contributed by atoms with van der Waals surface area (Å²) in [6, 6.07) is 6.46. The Morgan fingerprint density at radius 2 is 2.00 bits per heavy atom. The number of alkyl halides is 2. The second-order valence-corrected chi connectivity index (χ2v) is 3.03. The van der Waals surface area contributed by atoms with Gasteiger partial charge in [-0.05, 0) is 30.2 Å². The largest absolute Gasteiger partial charge is 0.435 e. The molecule has 15 heavy (non-hydrogen) atoms. The molecule has 0 heterocycles. The van der Waals surface area contributed by atoms with Gasteiger partial charge in [-0.3, -0.25) is 0 Å². The summed E-state index contributed by atoms with van der Waals surface area (Å²) in [6.07, 6.45) is 1.86. The molecule has 0 aliphatic heterocycles. The fraction of sp³-hybridized carbons (Fsp3) is 0.273. The van der Waals surface area contributed by atoms with E-state index in [4.69, 9.17) is 5.73 Å². The minimum absolute atomic E-state index is 0.161. The second-order valence-electron chi connectivity index (χ2n) is 3.03. The third-order valence-electron chi connectivity index (χ3n) is 1.96. The van der Waals surface area contributed by atoms with Crippen molar-refractivity contribution in [2.24, 2.45) is 5.73 Å². The number of hydrogen-bond acceptors (Lipinski definition) is 2. The lowest BCUT2D eigenvalue weighted by molar-refractivity contribution is -0.0498. The molecule has 0 amide bonds. The third kappa shape index (κ3) is 3.67. The molecule has 0 atom stereocenters. The van der Waals surface area contributed by atoms with Gasteiger partial charge in [-0.2, -0.15) is 8.78 Å². The van der Waals surface area contributed by atoms with Crippen LogP contribution in [0.4, 0.5) is 8.78 Å². The Balaban J connectivity index is 2.76. The Kier molecular flexibility index (Phi) is 4.24. The van der Waals surface area contributed by atoms with Gasteiger partial charge in [0.2, 0.25) is 0 Å². The zero-order valence-electron chi connectivity index (χ0n) is 8.41. The van der Waals surface area contributed by atoms with E-state index in [1.54, 1.807) is 12.1 Å². The molecule has 4 heteroatoms. The van der Waals surface area contributed by atoms with Gasteiger partial charge in [-0.1, -0.05) is 18.2 Å². The van der Waals surface area contributed by atoms with Crippen LogP contribution in [-0.4, -0.2) is 13.2 Å². The average Bonchev–Trinajstić information content (AvgIpc) is 2.18. The molecule has 0 radical (unpaired) electrons. The predicted octanol–water partition coefficient (Wildman–Crippen LogP) is 2.65. The van der Waals surface area contributed by atoms with Gasteiger partial charge in [0.1, 0.15) is 5.75 Å². The normalized spacial score (nSPS) is 11.9. The summed E-state index contributed by atoms with van der Waals surface area (Å²) in [5, 5.41) is 0. The predicted molar refractivity (Wildman–Crippen MR) is 55.8 cm³/mol. The smallest absolute Gasteiger partial charge is 0.387 e. The second kappa shape index (κ2) is 5.46. The van der Waals surface area contributed by atoms with Gasteiger partial charge in [0.15, 0.2) is 0 Å². The molecule has 1 rings (SSSR count). The summed E-state index contributed by atoms with van der Waals surface area (Å²) in [7, 11) is 0. The third-order valence-corrected chi connectivity index (χ3v) is 1.96. The molecular formula is C11H13F2NO. The van der Waals surface area contributed by atoms with Crippen molar-refractivity contribution in [1.82, 2.24) is 0 Å². The lowest BCUT2D eigenvalue weighted by atomic mass is 10.1. The van der Waals surface area contributed by atoms with E-state index in [-0.39, 0.29) is 5.75 Å². The monoisotopic (exact) mass is 213 g/mol. The Morgan fingerprint density at radius 1 is 1.40 bits per heavy atom. The van der Waals surface area contributed by atoms with Crippen LogP contribution < -0.4 is 10.5 Å². The number of nitrogens with two attached hydrogens (primary N) is 1. The standard InChI is InChI=1S/C11H13F2NO/c1-8(6-7-14)9-2-4-10(5-3-9)15-11(12)13/h2-6,11H,7,14H2,1H3. The fourth-order valence-corrected chi connectivity index (χ4v) is 1.19. The molecule has 0 saturated carbocycles. The van der Waals surface area contributed by atoms with Crippen LogP contribution in [0.25, 0.3) is 5.57 Å². The number of rotatable bonds is 4. The average molecular weight is 213 g/mol. The molecule has 0 bridgehead atoms. The number of benzene rings is 1. The van der Waals surface area contributed by atoms with Crippen LogP contribution in [0.5, 0.6) is 5.75 Å². The van der Waals surface area contributed by atoms with E-state index >= 15 is 0 Å². The van der Waals surface area contributed by atoms with Crippen LogP contribution in [0, 0.1) is 0 Å². The van der Waals surface area contributed by atoms with E-state index < -0.39 is 6.61 Å². The highest BCUT2D eigenvalue weighted by molar-refractivity contribution is 5.64. The van der Waals surface area contributed by atoms with Gasteiger partial charge in [0, 0.05) is 6.54 Å². The van der Waals surface area contributed by atoms with E-state index in [2.05, 4.69) is 4.74 Å². The van der Waals surface area contributed by atoms with Gasteiger partial charge in [-0.15, -0.1) is 0 Å². The summed E-state index contributed by atoms with van der Waals surface area (Å²) in [5.74, 6) is 0.161. The van der Waals surface area contributed by atoms with Crippen LogP contribution in [0.1, 0.15) is 12.5 Å². The Labute approximate surface area is 87.4 Å². The van der Waals surface area contributed by atoms with Crippen LogP contribution >= 0.6 is 0 Å². The molecule has 0 fully saturated rings. The van der Waals surface area contributed by atoms with E-state index in [1.807, 2.05) is 13.0 Å². The first kappa shape index (κ1) is 11.7. The quantitative estimate of drug-likeness (QED) is 0.834. The zero-order valence-corrected chi connectivity index (χ0v) is 8.41. The van der Waals surface area contributed by atoms with Crippen molar-refractivity contribution in [1.29, 1.82) is 0 Å².